The Balaban J connectivity index is 2.98. The molecule has 1 unspecified atom stereocenters. The van der Waals surface area contributed by atoms with Crippen molar-refractivity contribution in [1.29, 1.82) is 0 Å². The van der Waals surface area contributed by atoms with Gasteiger partial charge in [0.15, 0.2) is 0 Å². The third-order valence-electron chi connectivity index (χ3n) is 3.43. The van der Waals surface area contributed by atoms with Crippen molar-refractivity contribution in [3.05, 3.63) is 0 Å². The number of aliphatic imine (C=N–C) groups is 2. The molecule has 21 heavy (non-hydrogen) atoms. The molecule has 0 spiro atoms. The summed E-state index contributed by atoms with van der Waals surface area (Å²) < 4.78 is 11.5. The molecule has 0 aromatic heterocycles. The quantitative estimate of drug-likeness (QED) is 0.638. The minimum atomic E-state index is -0.0759. The Hall–Kier alpha value is -0.580. The molecule has 3 atom stereocenters. The van der Waals surface area contributed by atoms with Gasteiger partial charge in [0.1, 0.15) is 12.1 Å². The van der Waals surface area contributed by atoms with Gasteiger partial charge in [-0.05, 0) is 26.2 Å². The molecule has 0 N–H and O–H groups in total. The number of alkyl halides is 1. The third kappa shape index (κ3) is 5.28. The lowest BCUT2D eigenvalue weighted by molar-refractivity contribution is 0.275. The molecule has 1 heterocycles. The van der Waals surface area contributed by atoms with Crippen LogP contribution in [-0.2, 0) is 9.47 Å². The average Bonchev–Trinajstić information content (AvgIpc) is 2.46. The van der Waals surface area contributed by atoms with Crippen molar-refractivity contribution in [2.24, 2.45) is 15.9 Å². The van der Waals surface area contributed by atoms with E-state index in [9.17, 15) is 0 Å². The maximum Gasteiger partial charge on any atom is 0.210 e. The van der Waals surface area contributed by atoms with Crippen LogP contribution in [0.5, 0.6) is 0 Å². The molecule has 1 aliphatic rings. The molecule has 0 radical (unpaired) electrons. The molecule has 0 aromatic rings. The fraction of sp³-hybridized carbons (Fsp3) is 0.875. The molecule has 1 aliphatic heterocycles. The number of halogens is 1. The molecular weight excluding hydrogens is 332 g/mol. The summed E-state index contributed by atoms with van der Waals surface area (Å²) in [6.07, 6.45) is 3.40. The fourth-order valence-corrected chi connectivity index (χ4v) is 2.97. The SMILES string of the molecule is CCCCC(Br)[C@@H]1N=C(OCC)[C@H](C(C)C)N=C1OCC. The lowest BCUT2D eigenvalue weighted by atomic mass is 10.0. The summed E-state index contributed by atoms with van der Waals surface area (Å²) in [5, 5.41) is 0. The predicted octanol–water partition coefficient (Wildman–Crippen LogP) is 4.22. The molecule has 0 amide bonds. The topological polar surface area (TPSA) is 43.2 Å². The van der Waals surface area contributed by atoms with E-state index in [0.29, 0.717) is 19.1 Å². The Bertz CT molecular complexity index is 369. The van der Waals surface area contributed by atoms with E-state index in [1.165, 1.54) is 12.8 Å². The number of hydrogen-bond donors (Lipinski definition) is 0. The van der Waals surface area contributed by atoms with Gasteiger partial charge in [0.2, 0.25) is 11.8 Å². The van der Waals surface area contributed by atoms with E-state index < -0.39 is 0 Å². The van der Waals surface area contributed by atoms with Crippen molar-refractivity contribution < 1.29 is 9.47 Å². The van der Waals surface area contributed by atoms with Crippen LogP contribution in [0, 0.1) is 5.92 Å². The molecule has 0 aromatic carbocycles. The first-order valence-electron chi connectivity index (χ1n) is 8.10. The van der Waals surface area contributed by atoms with Crippen molar-refractivity contribution in [2.75, 3.05) is 13.2 Å². The van der Waals surface area contributed by atoms with Gasteiger partial charge in [0.05, 0.1) is 13.2 Å². The van der Waals surface area contributed by atoms with Gasteiger partial charge in [-0.2, -0.15) is 0 Å². The van der Waals surface area contributed by atoms with Gasteiger partial charge in [-0.3, -0.25) is 0 Å². The summed E-state index contributed by atoms with van der Waals surface area (Å²) in [4.78, 5) is 9.85. The zero-order valence-electron chi connectivity index (χ0n) is 13.9. The van der Waals surface area contributed by atoms with Gasteiger partial charge in [-0.25, -0.2) is 9.98 Å². The average molecular weight is 361 g/mol. The van der Waals surface area contributed by atoms with Crippen LogP contribution in [-0.4, -0.2) is 41.9 Å². The highest BCUT2D eigenvalue weighted by Gasteiger charge is 2.34. The number of unbranched alkanes of at least 4 members (excludes halogenated alkanes) is 1. The van der Waals surface area contributed by atoms with Crippen LogP contribution < -0.4 is 0 Å². The zero-order valence-corrected chi connectivity index (χ0v) is 15.5. The summed E-state index contributed by atoms with van der Waals surface area (Å²) in [6.45, 7) is 11.7. The molecule has 0 saturated carbocycles. The molecule has 4 nitrogen and oxygen atoms in total. The van der Waals surface area contributed by atoms with E-state index in [0.717, 1.165) is 18.2 Å². The van der Waals surface area contributed by atoms with E-state index in [-0.39, 0.29) is 16.9 Å². The first-order chi connectivity index (χ1) is 10.0. The molecule has 1 rings (SSSR count). The van der Waals surface area contributed by atoms with Gasteiger partial charge in [-0.15, -0.1) is 0 Å². The van der Waals surface area contributed by atoms with Crippen molar-refractivity contribution in [2.45, 2.75) is 70.8 Å². The number of hydrogen-bond acceptors (Lipinski definition) is 4. The Kier molecular flexibility index (Phi) is 8.30. The van der Waals surface area contributed by atoms with Gasteiger partial charge in [0.25, 0.3) is 0 Å². The van der Waals surface area contributed by atoms with Crippen LogP contribution in [0.15, 0.2) is 9.98 Å². The molecule has 0 bridgehead atoms. The van der Waals surface area contributed by atoms with Crippen molar-refractivity contribution in [1.82, 2.24) is 0 Å². The second kappa shape index (κ2) is 9.44. The molecule has 0 saturated heterocycles. The monoisotopic (exact) mass is 360 g/mol. The van der Waals surface area contributed by atoms with Crippen molar-refractivity contribution in [3.63, 3.8) is 0 Å². The minimum Gasteiger partial charge on any atom is -0.480 e. The maximum atomic E-state index is 5.76. The Morgan fingerprint density at radius 1 is 1.00 bits per heavy atom. The first-order valence-corrected chi connectivity index (χ1v) is 9.01. The standard InChI is InChI=1S/C16H29BrN2O2/c1-6-9-10-12(17)14-16(21-8-3)18-13(11(4)5)15(19-14)20-7-2/h11-14H,6-10H2,1-5H3/t12?,13-,14-/m0/s1. The van der Waals surface area contributed by atoms with Crippen LogP contribution >= 0.6 is 15.9 Å². The maximum absolute atomic E-state index is 5.76. The highest BCUT2D eigenvalue weighted by molar-refractivity contribution is 9.09. The van der Waals surface area contributed by atoms with E-state index in [4.69, 9.17) is 19.5 Å². The van der Waals surface area contributed by atoms with E-state index >= 15 is 0 Å². The number of ether oxygens (including phenoxy) is 2. The summed E-state index contributed by atoms with van der Waals surface area (Å²) in [6, 6.07) is -0.110. The normalized spacial score (nSPS) is 23.6. The summed E-state index contributed by atoms with van der Waals surface area (Å²) >= 11 is 3.76. The highest BCUT2D eigenvalue weighted by Crippen LogP contribution is 2.25. The van der Waals surface area contributed by atoms with Crippen LogP contribution in [0.2, 0.25) is 0 Å². The van der Waals surface area contributed by atoms with Gasteiger partial charge >= 0.3 is 0 Å². The van der Waals surface area contributed by atoms with Gasteiger partial charge < -0.3 is 9.47 Å². The smallest absolute Gasteiger partial charge is 0.210 e. The number of nitrogens with zero attached hydrogens (tertiary/aromatic N) is 2. The second-order valence-electron chi connectivity index (χ2n) is 5.59. The van der Waals surface area contributed by atoms with Crippen LogP contribution in [0.1, 0.15) is 53.9 Å². The Morgan fingerprint density at radius 2 is 1.52 bits per heavy atom. The summed E-state index contributed by atoms with van der Waals surface area (Å²) in [5.41, 5.74) is 0. The third-order valence-corrected chi connectivity index (χ3v) is 4.39. The van der Waals surface area contributed by atoms with Crippen LogP contribution in [0.25, 0.3) is 0 Å². The van der Waals surface area contributed by atoms with Crippen molar-refractivity contribution >= 4 is 27.7 Å². The van der Waals surface area contributed by atoms with Gasteiger partial charge in [0, 0.05) is 4.83 Å². The predicted molar refractivity (Wildman–Crippen MR) is 92.8 cm³/mol. The zero-order chi connectivity index (χ0) is 15.8. The lowest BCUT2D eigenvalue weighted by Crippen LogP contribution is -2.41. The lowest BCUT2D eigenvalue weighted by Gasteiger charge is -2.30. The molecule has 0 aliphatic carbocycles. The van der Waals surface area contributed by atoms with Crippen LogP contribution in [0.3, 0.4) is 0 Å². The molecular formula is C16H29BrN2O2. The van der Waals surface area contributed by atoms with Crippen LogP contribution in [0.4, 0.5) is 0 Å². The van der Waals surface area contributed by atoms with E-state index in [1.54, 1.807) is 0 Å². The largest absolute Gasteiger partial charge is 0.480 e. The van der Waals surface area contributed by atoms with Crippen molar-refractivity contribution in [3.8, 4) is 0 Å². The molecule has 122 valence electrons. The van der Waals surface area contributed by atoms with E-state index in [2.05, 4.69) is 36.7 Å². The number of rotatable bonds is 7. The minimum absolute atomic E-state index is 0.0337. The fourth-order valence-electron chi connectivity index (χ4n) is 2.31. The summed E-state index contributed by atoms with van der Waals surface area (Å²) in [7, 11) is 0. The van der Waals surface area contributed by atoms with Gasteiger partial charge in [-0.1, -0.05) is 49.5 Å². The molecule has 0 fully saturated rings. The Labute approximate surface area is 137 Å². The first kappa shape index (κ1) is 18.5. The van der Waals surface area contributed by atoms with E-state index in [1.807, 2.05) is 13.8 Å². The second-order valence-corrected chi connectivity index (χ2v) is 6.77. The summed E-state index contributed by atoms with van der Waals surface area (Å²) in [5.74, 6) is 1.84. The molecule has 5 heteroatoms. The Morgan fingerprint density at radius 3 is 2.00 bits per heavy atom. The highest BCUT2D eigenvalue weighted by atomic mass is 79.9.